The zero-order valence-electron chi connectivity index (χ0n) is 9.40. The van der Waals surface area contributed by atoms with Gasteiger partial charge in [-0.1, -0.05) is 13.3 Å². The van der Waals surface area contributed by atoms with Crippen LogP contribution >= 0.6 is 0 Å². The predicted molar refractivity (Wildman–Crippen MR) is 59.4 cm³/mol. The average molecular weight is 247 g/mol. The molecule has 7 heteroatoms. The number of aromatic amines is 1. The number of nitrogens with zero attached hydrogens (tertiary/aromatic N) is 1. The Kier molecular flexibility index (Phi) is 4.45. The van der Waals surface area contributed by atoms with Gasteiger partial charge in [-0.05, 0) is 13.3 Å². The molecule has 1 heterocycles. The fourth-order valence-electron chi connectivity index (χ4n) is 1.33. The number of hydrogen-bond donors (Lipinski definition) is 3. The molecule has 92 valence electrons. The second-order valence-corrected chi connectivity index (χ2v) is 5.39. The van der Waals surface area contributed by atoms with Gasteiger partial charge in [0.2, 0.25) is 10.0 Å². The van der Waals surface area contributed by atoms with Crippen molar-refractivity contribution in [1.29, 1.82) is 0 Å². The Morgan fingerprint density at radius 1 is 1.62 bits per heavy atom. The van der Waals surface area contributed by atoms with Gasteiger partial charge in [-0.25, -0.2) is 13.1 Å². The molecule has 3 N–H and O–H groups in total. The molecule has 0 aliphatic rings. The Hall–Kier alpha value is -0.920. The Labute approximate surface area is 95.1 Å². The number of nitrogens with one attached hydrogen (secondary N) is 2. The number of sulfonamides is 1. The van der Waals surface area contributed by atoms with Gasteiger partial charge in [-0.3, -0.25) is 5.10 Å². The van der Waals surface area contributed by atoms with Crippen LogP contribution in [-0.4, -0.2) is 36.4 Å². The van der Waals surface area contributed by atoms with Crippen LogP contribution < -0.4 is 4.72 Å². The summed E-state index contributed by atoms with van der Waals surface area (Å²) in [7, 11) is -3.56. The lowest BCUT2D eigenvalue weighted by Gasteiger charge is -2.10. The van der Waals surface area contributed by atoms with Crippen LogP contribution in [0.5, 0.6) is 0 Å². The summed E-state index contributed by atoms with van der Waals surface area (Å²) in [5.41, 5.74) is 0.484. The lowest BCUT2D eigenvalue weighted by Crippen LogP contribution is -2.32. The lowest BCUT2D eigenvalue weighted by molar-refractivity contribution is 0.167. The van der Waals surface area contributed by atoms with Crippen LogP contribution in [0.2, 0.25) is 0 Å². The van der Waals surface area contributed by atoms with E-state index in [1.807, 2.05) is 6.92 Å². The highest BCUT2D eigenvalue weighted by atomic mass is 32.2. The maximum Gasteiger partial charge on any atom is 0.244 e. The third-order valence-electron chi connectivity index (χ3n) is 2.20. The molecule has 16 heavy (non-hydrogen) atoms. The predicted octanol–water partition coefficient (Wildman–Crippen LogP) is 0.157. The molecule has 0 aliphatic carbocycles. The monoisotopic (exact) mass is 247 g/mol. The van der Waals surface area contributed by atoms with Crippen molar-refractivity contribution in [2.45, 2.75) is 37.7 Å². The molecule has 1 atom stereocenters. The van der Waals surface area contributed by atoms with Gasteiger partial charge >= 0.3 is 0 Å². The molecule has 0 aliphatic heterocycles. The van der Waals surface area contributed by atoms with Crippen molar-refractivity contribution >= 4 is 10.0 Å². The van der Waals surface area contributed by atoms with Crippen LogP contribution in [0.25, 0.3) is 0 Å². The van der Waals surface area contributed by atoms with Gasteiger partial charge in [0, 0.05) is 6.54 Å². The van der Waals surface area contributed by atoms with Crippen molar-refractivity contribution in [3.05, 3.63) is 11.9 Å². The molecule has 0 aromatic carbocycles. The Morgan fingerprint density at radius 2 is 2.31 bits per heavy atom. The van der Waals surface area contributed by atoms with E-state index in [1.54, 1.807) is 6.92 Å². The number of rotatable bonds is 6. The zero-order valence-corrected chi connectivity index (χ0v) is 10.2. The summed E-state index contributed by atoms with van der Waals surface area (Å²) < 4.78 is 25.8. The van der Waals surface area contributed by atoms with Crippen LogP contribution in [0, 0.1) is 6.92 Å². The second-order valence-electron chi connectivity index (χ2n) is 3.65. The maximum atomic E-state index is 11.7. The first-order chi connectivity index (χ1) is 7.47. The fourth-order valence-corrected chi connectivity index (χ4v) is 2.54. The lowest BCUT2D eigenvalue weighted by atomic mass is 10.2. The first-order valence-electron chi connectivity index (χ1n) is 5.15. The summed E-state index contributed by atoms with van der Waals surface area (Å²) in [6.07, 6.45) is 2.00. The number of hydrogen-bond acceptors (Lipinski definition) is 4. The van der Waals surface area contributed by atoms with E-state index in [9.17, 15) is 13.5 Å². The molecule has 0 bridgehead atoms. The summed E-state index contributed by atoms with van der Waals surface area (Å²) in [5, 5.41) is 15.6. The molecule has 0 spiro atoms. The topological polar surface area (TPSA) is 95.1 Å². The van der Waals surface area contributed by atoms with Crippen LogP contribution in [0.4, 0.5) is 0 Å². The molecule has 1 aromatic heterocycles. The average Bonchev–Trinajstić information content (AvgIpc) is 2.63. The van der Waals surface area contributed by atoms with Crippen molar-refractivity contribution in [2.24, 2.45) is 0 Å². The summed E-state index contributed by atoms with van der Waals surface area (Å²) in [5.74, 6) is 0. The molecule has 1 aromatic rings. The van der Waals surface area contributed by atoms with E-state index in [0.717, 1.165) is 6.42 Å². The van der Waals surface area contributed by atoms with Crippen molar-refractivity contribution in [1.82, 2.24) is 14.9 Å². The third-order valence-corrected chi connectivity index (χ3v) is 3.74. The van der Waals surface area contributed by atoms with E-state index < -0.39 is 16.1 Å². The quantitative estimate of drug-likeness (QED) is 0.667. The molecule has 6 nitrogen and oxygen atoms in total. The van der Waals surface area contributed by atoms with E-state index in [0.29, 0.717) is 12.1 Å². The minimum atomic E-state index is -3.56. The SMILES string of the molecule is CCCC(O)CNS(=O)(=O)c1cn[nH]c1C. The Morgan fingerprint density at radius 3 is 2.81 bits per heavy atom. The first kappa shape index (κ1) is 13.1. The van der Waals surface area contributed by atoms with Gasteiger partial charge in [0.1, 0.15) is 4.90 Å². The van der Waals surface area contributed by atoms with Crippen molar-refractivity contribution in [2.75, 3.05) is 6.54 Å². The largest absolute Gasteiger partial charge is 0.392 e. The normalized spacial score (nSPS) is 13.9. The van der Waals surface area contributed by atoms with Crippen LogP contribution in [0.3, 0.4) is 0 Å². The van der Waals surface area contributed by atoms with E-state index in [4.69, 9.17) is 0 Å². The van der Waals surface area contributed by atoms with Crippen molar-refractivity contribution in [3.63, 3.8) is 0 Å². The smallest absolute Gasteiger partial charge is 0.244 e. The van der Waals surface area contributed by atoms with Crippen LogP contribution in [0.1, 0.15) is 25.5 Å². The highest BCUT2D eigenvalue weighted by Crippen LogP contribution is 2.10. The first-order valence-corrected chi connectivity index (χ1v) is 6.63. The number of aromatic nitrogens is 2. The van der Waals surface area contributed by atoms with Gasteiger partial charge < -0.3 is 5.11 Å². The zero-order chi connectivity index (χ0) is 12.2. The number of aliphatic hydroxyl groups is 1. The third kappa shape index (κ3) is 3.29. The molecule has 0 fully saturated rings. The maximum absolute atomic E-state index is 11.7. The second kappa shape index (κ2) is 5.42. The molecular weight excluding hydrogens is 230 g/mol. The molecular formula is C9H17N3O3S. The van der Waals surface area contributed by atoms with E-state index in [-0.39, 0.29) is 11.4 Å². The van der Waals surface area contributed by atoms with Gasteiger partial charge in [-0.2, -0.15) is 5.10 Å². The van der Waals surface area contributed by atoms with Crippen molar-refractivity contribution < 1.29 is 13.5 Å². The molecule has 1 unspecified atom stereocenters. The molecule has 0 saturated heterocycles. The molecule has 1 rings (SSSR count). The summed E-state index contributed by atoms with van der Waals surface area (Å²) >= 11 is 0. The summed E-state index contributed by atoms with van der Waals surface area (Å²) in [4.78, 5) is 0.121. The summed E-state index contributed by atoms with van der Waals surface area (Å²) in [6, 6.07) is 0. The van der Waals surface area contributed by atoms with E-state index in [2.05, 4.69) is 14.9 Å². The van der Waals surface area contributed by atoms with Crippen LogP contribution in [0.15, 0.2) is 11.1 Å². The Balaban J connectivity index is 2.63. The van der Waals surface area contributed by atoms with Crippen molar-refractivity contribution in [3.8, 4) is 0 Å². The minimum Gasteiger partial charge on any atom is -0.392 e. The standard InChI is InChI=1S/C9H17N3O3S/c1-3-4-8(13)5-11-16(14,15)9-6-10-12-7(9)2/h6,8,11,13H,3-5H2,1-2H3,(H,10,12). The fraction of sp³-hybridized carbons (Fsp3) is 0.667. The minimum absolute atomic E-state index is 0.0286. The highest BCUT2D eigenvalue weighted by molar-refractivity contribution is 7.89. The summed E-state index contributed by atoms with van der Waals surface area (Å²) in [6.45, 7) is 3.59. The molecule has 0 saturated carbocycles. The van der Waals surface area contributed by atoms with E-state index >= 15 is 0 Å². The number of H-pyrrole nitrogens is 1. The number of aliphatic hydroxyl groups excluding tert-OH is 1. The van der Waals surface area contributed by atoms with Gasteiger partial charge in [0.15, 0.2) is 0 Å². The van der Waals surface area contributed by atoms with Gasteiger partial charge in [0.05, 0.1) is 18.0 Å². The van der Waals surface area contributed by atoms with E-state index in [1.165, 1.54) is 6.20 Å². The number of aryl methyl sites for hydroxylation is 1. The molecule has 0 amide bonds. The van der Waals surface area contributed by atoms with Gasteiger partial charge in [0.25, 0.3) is 0 Å². The van der Waals surface area contributed by atoms with Crippen LogP contribution in [-0.2, 0) is 10.0 Å². The van der Waals surface area contributed by atoms with Gasteiger partial charge in [-0.15, -0.1) is 0 Å². The highest BCUT2D eigenvalue weighted by Gasteiger charge is 2.19. The Bertz CT molecular complexity index is 427. The molecule has 0 radical (unpaired) electrons.